The summed E-state index contributed by atoms with van der Waals surface area (Å²) in [4.78, 5) is 14.8. The highest BCUT2D eigenvalue weighted by Crippen LogP contribution is 2.34. The lowest BCUT2D eigenvalue weighted by Gasteiger charge is -2.33. The molecular formula is C27H38BN3O9S. The van der Waals surface area contributed by atoms with Gasteiger partial charge in [-0.25, -0.2) is 13.2 Å². The molecule has 1 amide bonds. The number of ether oxygens (including phenoxy) is 5. The van der Waals surface area contributed by atoms with Gasteiger partial charge in [0.05, 0.1) is 39.0 Å². The molecule has 0 aromatic heterocycles. The molecule has 0 saturated carbocycles. The van der Waals surface area contributed by atoms with Gasteiger partial charge >= 0.3 is 6.09 Å². The van der Waals surface area contributed by atoms with E-state index in [0.717, 1.165) is 25.8 Å². The van der Waals surface area contributed by atoms with E-state index in [2.05, 4.69) is 16.3 Å². The monoisotopic (exact) mass is 591 g/mol. The molecular weight excluding hydrogens is 553 g/mol. The van der Waals surface area contributed by atoms with Gasteiger partial charge < -0.3 is 34.1 Å². The quantitative estimate of drug-likeness (QED) is 0.362. The van der Waals surface area contributed by atoms with Crippen LogP contribution in [-0.4, -0.2) is 120 Å². The number of alkyl carbamates (subject to hydrolysis) is 1. The Morgan fingerprint density at radius 1 is 1.24 bits per heavy atom. The van der Waals surface area contributed by atoms with Gasteiger partial charge in [0, 0.05) is 37.7 Å². The van der Waals surface area contributed by atoms with Crippen LogP contribution in [0.15, 0.2) is 35.2 Å². The van der Waals surface area contributed by atoms with Gasteiger partial charge in [0.15, 0.2) is 6.29 Å². The van der Waals surface area contributed by atoms with E-state index in [-0.39, 0.29) is 55.2 Å². The van der Waals surface area contributed by atoms with E-state index in [1.165, 1.54) is 17.5 Å². The van der Waals surface area contributed by atoms with Gasteiger partial charge in [0.2, 0.25) is 10.0 Å². The number of aliphatic hydroxyl groups is 1. The number of methoxy groups -OCH3 is 1. The first kappa shape index (κ1) is 30.1. The number of hydrogen-bond acceptors (Lipinski definition) is 10. The van der Waals surface area contributed by atoms with Gasteiger partial charge in [0.1, 0.15) is 30.3 Å². The molecule has 224 valence electrons. The topological polar surface area (TPSA) is 136 Å². The van der Waals surface area contributed by atoms with E-state index >= 15 is 0 Å². The minimum Gasteiger partial charge on any atom is -0.497 e. The predicted octanol–water partition coefficient (Wildman–Crippen LogP) is 0.832. The van der Waals surface area contributed by atoms with Crippen LogP contribution < -0.4 is 14.8 Å². The van der Waals surface area contributed by atoms with E-state index < -0.39 is 34.3 Å². The zero-order chi connectivity index (χ0) is 29.0. The summed E-state index contributed by atoms with van der Waals surface area (Å²) in [6.07, 6.45) is 4.09. The molecule has 5 rings (SSSR count). The van der Waals surface area contributed by atoms with Crippen LogP contribution in [0.4, 0.5) is 4.79 Å². The third kappa shape index (κ3) is 7.00. The number of β-amino-alcohol motifs (C(OH)–C–C–N with tert-alkyl or cyclic N) is 1. The largest absolute Gasteiger partial charge is 0.497 e. The Labute approximate surface area is 242 Å². The average Bonchev–Trinajstić information content (AvgIpc) is 3.68. The van der Waals surface area contributed by atoms with E-state index in [0.29, 0.717) is 25.3 Å². The number of carbonyl (C=O) groups is 1. The van der Waals surface area contributed by atoms with Crippen LogP contribution in [0.1, 0.15) is 25.7 Å². The van der Waals surface area contributed by atoms with E-state index in [4.69, 9.17) is 31.5 Å². The fraction of sp³-hybridized carbons (Fsp3) is 0.667. The van der Waals surface area contributed by atoms with Gasteiger partial charge in [-0.05, 0) is 44.4 Å². The van der Waals surface area contributed by atoms with Crippen LogP contribution in [0.3, 0.4) is 0 Å². The second-order valence-corrected chi connectivity index (χ2v) is 12.6. The van der Waals surface area contributed by atoms with Crippen molar-refractivity contribution in [2.75, 3.05) is 53.1 Å². The molecule has 4 heterocycles. The van der Waals surface area contributed by atoms with Crippen LogP contribution in [0.2, 0.25) is 0 Å². The number of carbonyl (C=O) groups excluding carboxylic acids is 1. The smallest absolute Gasteiger partial charge is 0.407 e. The van der Waals surface area contributed by atoms with Gasteiger partial charge in [-0.3, -0.25) is 4.90 Å². The molecule has 2 N–H and O–H groups in total. The zero-order valence-corrected chi connectivity index (χ0v) is 24.0. The molecule has 6 atom stereocenters. The zero-order valence-electron chi connectivity index (χ0n) is 23.2. The fourth-order valence-corrected chi connectivity index (χ4v) is 7.37. The standard InChI is InChI=1S/C27H38BN3O9S/c1-36-19-7-8-24-22(14-19)37-12-4-2-3-10-30-11-5-6-18(30)15-31(41(24,34)35)16-21(32)25(28)29-27(33)40-23-17-39-26-20(23)9-13-38-26/h2-3,7-8,14,18,20-21,23,25-26,32H,4-6,9-13,15-17H2,1H3,(H,29,33)/b3-2+/t18-,20-,21+,23-,25+,26+/m0/s1. The minimum atomic E-state index is -4.16. The van der Waals surface area contributed by atoms with Crippen molar-refractivity contribution in [2.24, 2.45) is 5.92 Å². The number of nitrogens with one attached hydrogen (secondary N) is 1. The highest BCUT2D eigenvalue weighted by molar-refractivity contribution is 7.89. The normalized spacial score (nSPS) is 30.7. The summed E-state index contributed by atoms with van der Waals surface area (Å²) in [6.45, 7) is 2.36. The summed E-state index contributed by atoms with van der Waals surface area (Å²) in [6, 6.07) is 4.50. The van der Waals surface area contributed by atoms with Crippen molar-refractivity contribution in [1.82, 2.24) is 14.5 Å². The van der Waals surface area contributed by atoms with Crippen molar-refractivity contribution in [3.63, 3.8) is 0 Å². The Hall–Kier alpha value is -2.36. The summed E-state index contributed by atoms with van der Waals surface area (Å²) >= 11 is 0. The molecule has 3 fully saturated rings. The number of amides is 1. The van der Waals surface area contributed by atoms with Crippen molar-refractivity contribution in [3.05, 3.63) is 30.4 Å². The molecule has 1 aromatic rings. The maximum atomic E-state index is 14.1. The molecule has 1 aromatic carbocycles. The van der Waals surface area contributed by atoms with Crippen molar-refractivity contribution < 1.29 is 42.0 Å². The molecule has 4 aliphatic heterocycles. The molecule has 4 aliphatic rings. The second kappa shape index (κ2) is 13.3. The maximum absolute atomic E-state index is 14.1. The summed E-state index contributed by atoms with van der Waals surface area (Å²) in [5.41, 5.74) is 0. The molecule has 2 radical (unpaired) electrons. The Morgan fingerprint density at radius 2 is 2.10 bits per heavy atom. The van der Waals surface area contributed by atoms with Gasteiger partial charge in [-0.15, -0.1) is 0 Å². The molecule has 0 spiro atoms. The molecule has 0 bridgehead atoms. The summed E-state index contributed by atoms with van der Waals surface area (Å²) in [5, 5.41) is 13.5. The molecule has 41 heavy (non-hydrogen) atoms. The first-order chi connectivity index (χ1) is 19.8. The minimum absolute atomic E-state index is 0.0335. The lowest BCUT2D eigenvalue weighted by atomic mass is 9.91. The Balaban J connectivity index is 1.33. The number of fused-ring (bicyclic) bond motifs is 3. The van der Waals surface area contributed by atoms with Crippen molar-refractivity contribution >= 4 is 24.0 Å². The highest BCUT2D eigenvalue weighted by atomic mass is 32.2. The SMILES string of the molecule is [B][C@H](NC(=O)O[C@H]1CO[C@H]2OCC[C@H]21)[C@H](O)CN1C[C@@H]2CCCN2C/C=C/CCOc2cc(OC)ccc2S1(=O)=O. The van der Waals surface area contributed by atoms with Crippen LogP contribution in [-0.2, 0) is 24.2 Å². The van der Waals surface area contributed by atoms with Crippen LogP contribution >= 0.6 is 0 Å². The van der Waals surface area contributed by atoms with Gasteiger partial charge in [-0.2, -0.15) is 4.31 Å². The Morgan fingerprint density at radius 3 is 2.93 bits per heavy atom. The van der Waals surface area contributed by atoms with E-state index in [1.807, 2.05) is 6.08 Å². The lowest BCUT2D eigenvalue weighted by Crippen LogP contribution is -2.52. The van der Waals surface area contributed by atoms with Gasteiger partial charge in [0.25, 0.3) is 0 Å². The molecule has 0 aliphatic carbocycles. The van der Waals surface area contributed by atoms with Crippen LogP contribution in [0, 0.1) is 5.92 Å². The lowest BCUT2D eigenvalue weighted by molar-refractivity contribution is -0.0907. The number of aliphatic hydroxyl groups excluding tert-OH is 1. The summed E-state index contributed by atoms with van der Waals surface area (Å²) < 4.78 is 57.1. The Bertz CT molecular complexity index is 1200. The number of benzene rings is 1. The predicted molar refractivity (Wildman–Crippen MR) is 148 cm³/mol. The third-order valence-corrected chi connectivity index (χ3v) is 9.94. The van der Waals surface area contributed by atoms with Crippen molar-refractivity contribution in [2.45, 2.75) is 61.1 Å². The first-order valence-electron chi connectivity index (χ1n) is 14.1. The van der Waals surface area contributed by atoms with E-state index in [1.54, 1.807) is 12.1 Å². The van der Waals surface area contributed by atoms with Gasteiger partial charge in [-0.1, -0.05) is 12.2 Å². The van der Waals surface area contributed by atoms with Crippen molar-refractivity contribution in [3.8, 4) is 11.5 Å². The van der Waals surface area contributed by atoms with Crippen LogP contribution in [0.25, 0.3) is 0 Å². The number of rotatable bonds is 6. The summed E-state index contributed by atoms with van der Waals surface area (Å²) in [5.74, 6) is -0.711. The molecule has 3 saturated heterocycles. The second-order valence-electron chi connectivity index (χ2n) is 10.7. The van der Waals surface area contributed by atoms with E-state index in [9.17, 15) is 18.3 Å². The number of sulfonamides is 1. The molecule has 12 nitrogen and oxygen atoms in total. The number of hydrogen-bond donors (Lipinski definition) is 2. The molecule has 0 unspecified atom stereocenters. The highest BCUT2D eigenvalue weighted by Gasteiger charge is 2.44. The van der Waals surface area contributed by atoms with Crippen molar-refractivity contribution in [1.29, 1.82) is 0 Å². The average molecular weight is 591 g/mol. The molecule has 14 heteroatoms. The summed E-state index contributed by atoms with van der Waals surface area (Å²) in [7, 11) is 3.48. The van der Waals surface area contributed by atoms with Crippen LogP contribution in [0.5, 0.6) is 11.5 Å². The Kier molecular flexibility index (Phi) is 9.77. The first-order valence-corrected chi connectivity index (χ1v) is 15.5. The third-order valence-electron chi connectivity index (χ3n) is 8.06. The maximum Gasteiger partial charge on any atom is 0.407 e. The fourth-order valence-electron chi connectivity index (χ4n) is 5.77. The number of nitrogens with zero attached hydrogens (tertiary/aromatic N) is 2.